The Kier molecular flexibility index (Phi) is 4.51. The van der Waals surface area contributed by atoms with E-state index in [1.165, 1.54) is 0 Å². The Morgan fingerprint density at radius 2 is 2.22 bits per heavy atom. The molecule has 0 aromatic heterocycles. The van der Waals surface area contributed by atoms with Crippen molar-refractivity contribution in [1.82, 2.24) is 4.90 Å². The molecule has 1 fully saturated rings. The van der Waals surface area contributed by atoms with Gasteiger partial charge in [-0.3, -0.25) is 4.79 Å². The first-order valence-corrected chi connectivity index (χ1v) is 7.79. The number of thiol groups is 1. The van der Waals surface area contributed by atoms with Crippen LogP contribution < -0.4 is 0 Å². The van der Waals surface area contributed by atoms with E-state index in [4.69, 9.17) is 11.6 Å². The number of rotatable bonds is 1. The van der Waals surface area contributed by atoms with Gasteiger partial charge >= 0.3 is 0 Å². The van der Waals surface area contributed by atoms with Gasteiger partial charge in [-0.1, -0.05) is 18.5 Å². The van der Waals surface area contributed by atoms with Crippen molar-refractivity contribution in [3.8, 4) is 0 Å². The predicted octanol–water partition coefficient (Wildman–Crippen LogP) is 3.59. The molecule has 2 nitrogen and oxygen atoms in total. The second-order valence-corrected chi connectivity index (χ2v) is 6.89. The first kappa shape index (κ1) is 14.1. The van der Waals surface area contributed by atoms with Gasteiger partial charge in [0.2, 0.25) is 0 Å². The molecule has 2 rings (SSSR count). The van der Waals surface area contributed by atoms with Crippen LogP contribution in [-0.2, 0) is 0 Å². The van der Waals surface area contributed by atoms with Crippen molar-refractivity contribution in [3.63, 3.8) is 0 Å². The molecule has 98 valence electrons. The Hall–Kier alpha value is -0.320. The van der Waals surface area contributed by atoms with Crippen LogP contribution in [0.3, 0.4) is 0 Å². The molecular formula is C13H16ClNOS2. The fourth-order valence-electron chi connectivity index (χ4n) is 2.05. The number of amides is 1. The Bertz CT molecular complexity index is 466. The lowest BCUT2D eigenvalue weighted by Gasteiger charge is -2.37. The molecule has 1 saturated heterocycles. The molecule has 1 amide bonds. The Morgan fingerprint density at radius 1 is 1.50 bits per heavy atom. The van der Waals surface area contributed by atoms with Crippen LogP contribution in [0.2, 0.25) is 5.02 Å². The number of hydrogen-bond acceptors (Lipinski definition) is 3. The SMILES string of the molecule is CC1SCCN(C(=O)c2cc(S)ccc2Cl)C1C. The normalized spacial score (nSPS) is 24.1. The highest BCUT2D eigenvalue weighted by molar-refractivity contribution is 8.00. The average Bonchev–Trinajstić information content (AvgIpc) is 2.35. The van der Waals surface area contributed by atoms with Crippen LogP contribution in [0.1, 0.15) is 24.2 Å². The third kappa shape index (κ3) is 2.81. The zero-order valence-electron chi connectivity index (χ0n) is 10.4. The Morgan fingerprint density at radius 3 is 2.94 bits per heavy atom. The number of halogens is 1. The van der Waals surface area contributed by atoms with Crippen molar-refractivity contribution in [2.75, 3.05) is 12.3 Å². The van der Waals surface area contributed by atoms with Crippen molar-refractivity contribution in [1.29, 1.82) is 0 Å². The van der Waals surface area contributed by atoms with E-state index < -0.39 is 0 Å². The molecule has 0 N–H and O–H groups in total. The van der Waals surface area contributed by atoms with Crippen LogP contribution in [-0.4, -0.2) is 34.4 Å². The first-order valence-electron chi connectivity index (χ1n) is 5.92. The highest BCUT2D eigenvalue weighted by Gasteiger charge is 2.30. The molecule has 1 heterocycles. The van der Waals surface area contributed by atoms with Crippen LogP contribution >= 0.6 is 36.0 Å². The Balaban J connectivity index is 2.27. The summed E-state index contributed by atoms with van der Waals surface area (Å²) in [5.41, 5.74) is 0.551. The van der Waals surface area contributed by atoms with E-state index in [0.29, 0.717) is 15.8 Å². The van der Waals surface area contributed by atoms with E-state index in [0.717, 1.165) is 17.2 Å². The van der Waals surface area contributed by atoms with Crippen LogP contribution in [0, 0.1) is 0 Å². The average molecular weight is 302 g/mol. The van der Waals surface area contributed by atoms with Crippen LogP contribution in [0.25, 0.3) is 0 Å². The van der Waals surface area contributed by atoms with E-state index in [9.17, 15) is 4.79 Å². The topological polar surface area (TPSA) is 20.3 Å². The van der Waals surface area contributed by atoms with E-state index >= 15 is 0 Å². The Labute approximate surface area is 122 Å². The number of thioether (sulfide) groups is 1. The van der Waals surface area contributed by atoms with Crippen molar-refractivity contribution in [2.24, 2.45) is 0 Å². The molecule has 0 radical (unpaired) electrons. The highest BCUT2D eigenvalue weighted by Crippen LogP contribution is 2.28. The highest BCUT2D eigenvalue weighted by atomic mass is 35.5. The lowest BCUT2D eigenvalue weighted by Crippen LogP contribution is -2.48. The molecule has 18 heavy (non-hydrogen) atoms. The van der Waals surface area contributed by atoms with Gasteiger partial charge in [-0.05, 0) is 25.1 Å². The second-order valence-electron chi connectivity index (χ2n) is 4.48. The molecule has 5 heteroatoms. The summed E-state index contributed by atoms with van der Waals surface area (Å²) in [4.78, 5) is 15.2. The monoisotopic (exact) mass is 301 g/mol. The van der Waals surface area contributed by atoms with Gasteiger partial charge in [0.15, 0.2) is 0 Å². The number of carbonyl (C=O) groups excluding carboxylic acids is 1. The van der Waals surface area contributed by atoms with Crippen LogP contribution in [0.15, 0.2) is 23.1 Å². The number of benzene rings is 1. The second kappa shape index (κ2) is 5.76. The van der Waals surface area contributed by atoms with Crippen molar-refractivity contribution < 1.29 is 4.79 Å². The summed E-state index contributed by atoms with van der Waals surface area (Å²) in [5, 5.41) is 0.955. The zero-order chi connectivity index (χ0) is 13.3. The van der Waals surface area contributed by atoms with Gasteiger partial charge < -0.3 is 4.90 Å². The minimum atomic E-state index is 0.00977. The summed E-state index contributed by atoms with van der Waals surface area (Å²) in [6.45, 7) is 5.03. The molecule has 0 saturated carbocycles. The number of hydrogen-bond donors (Lipinski definition) is 1. The molecule has 1 aromatic rings. The minimum absolute atomic E-state index is 0.00977. The summed E-state index contributed by atoms with van der Waals surface area (Å²) < 4.78 is 0. The fourth-order valence-corrected chi connectivity index (χ4v) is 3.55. The lowest BCUT2D eigenvalue weighted by atomic mass is 10.1. The van der Waals surface area contributed by atoms with Crippen molar-refractivity contribution in [3.05, 3.63) is 28.8 Å². The third-order valence-corrected chi connectivity index (χ3v) is 5.27. The van der Waals surface area contributed by atoms with Crippen LogP contribution in [0.4, 0.5) is 0 Å². The van der Waals surface area contributed by atoms with E-state index in [1.54, 1.807) is 18.2 Å². The molecule has 2 atom stereocenters. The fraction of sp³-hybridized carbons (Fsp3) is 0.462. The molecule has 0 bridgehead atoms. The van der Waals surface area contributed by atoms with Gasteiger partial charge in [0.25, 0.3) is 5.91 Å². The van der Waals surface area contributed by atoms with Gasteiger partial charge in [-0.25, -0.2) is 0 Å². The molecule has 2 unspecified atom stereocenters. The number of carbonyl (C=O) groups is 1. The predicted molar refractivity (Wildman–Crippen MR) is 81.1 cm³/mol. The standard InChI is InChI=1S/C13H16ClNOS2/c1-8-9(2)18-6-5-15(8)13(16)11-7-10(17)3-4-12(11)14/h3-4,7-9,17H,5-6H2,1-2H3. The maximum Gasteiger partial charge on any atom is 0.255 e. The zero-order valence-corrected chi connectivity index (χ0v) is 12.9. The summed E-state index contributed by atoms with van der Waals surface area (Å²) in [6, 6.07) is 5.49. The van der Waals surface area contributed by atoms with Crippen molar-refractivity contribution >= 4 is 41.9 Å². The molecule has 0 aliphatic carbocycles. The quantitative estimate of drug-likeness (QED) is 0.800. The third-order valence-electron chi connectivity index (χ3n) is 3.33. The maximum atomic E-state index is 12.5. The summed E-state index contributed by atoms with van der Waals surface area (Å²) >= 11 is 12.3. The van der Waals surface area contributed by atoms with E-state index in [1.807, 2.05) is 16.7 Å². The lowest BCUT2D eigenvalue weighted by molar-refractivity contribution is 0.0698. The van der Waals surface area contributed by atoms with Gasteiger partial charge in [0.1, 0.15) is 0 Å². The van der Waals surface area contributed by atoms with Gasteiger partial charge in [0, 0.05) is 28.5 Å². The maximum absolute atomic E-state index is 12.5. The molecule has 1 aliphatic rings. The molecule has 1 aromatic carbocycles. The van der Waals surface area contributed by atoms with Gasteiger partial charge in [0.05, 0.1) is 10.6 Å². The summed E-state index contributed by atoms with van der Waals surface area (Å²) in [6.07, 6.45) is 0. The summed E-state index contributed by atoms with van der Waals surface area (Å²) in [7, 11) is 0. The first-order chi connectivity index (χ1) is 8.50. The molecule has 0 spiro atoms. The molecule has 1 aliphatic heterocycles. The van der Waals surface area contributed by atoms with E-state index in [-0.39, 0.29) is 11.9 Å². The van der Waals surface area contributed by atoms with Crippen LogP contribution in [0.5, 0.6) is 0 Å². The van der Waals surface area contributed by atoms with E-state index in [2.05, 4.69) is 26.5 Å². The largest absolute Gasteiger partial charge is 0.334 e. The smallest absolute Gasteiger partial charge is 0.255 e. The molecular weight excluding hydrogens is 286 g/mol. The van der Waals surface area contributed by atoms with Crippen molar-refractivity contribution in [2.45, 2.75) is 30.0 Å². The summed E-state index contributed by atoms with van der Waals surface area (Å²) in [5.74, 6) is 0.991. The number of nitrogens with zero attached hydrogens (tertiary/aromatic N) is 1. The van der Waals surface area contributed by atoms with Gasteiger partial charge in [-0.15, -0.1) is 12.6 Å². The van der Waals surface area contributed by atoms with Gasteiger partial charge in [-0.2, -0.15) is 11.8 Å². The minimum Gasteiger partial charge on any atom is -0.334 e.